The number of ether oxygens (including phenoxy) is 2. The largest absolute Gasteiger partial charge is 0.482 e. The minimum absolute atomic E-state index is 0.139. The molecule has 0 unspecified atom stereocenters. The molecular weight excluding hydrogens is 427 g/mol. The highest BCUT2D eigenvalue weighted by atomic mass is 35.5. The van der Waals surface area contributed by atoms with E-state index in [9.17, 15) is 9.59 Å². The summed E-state index contributed by atoms with van der Waals surface area (Å²) in [5.41, 5.74) is 0. The molecule has 8 heteroatoms. The molecule has 2 aliphatic rings. The van der Waals surface area contributed by atoms with Crippen molar-refractivity contribution >= 4 is 35.0 Å². The molecule has 2 N–H and O–H groups in total. The number of hydrogen-bond acceptors (Lipinski definition) is 4. The zero-order valence-electron chi connectivity index (χ0n) is 17.2. The molecule has 0 aromatic heterocycles. The fourth-order valence-corrected chi connectivity index (χ4v) is 4.54. The van der Waals surface area contributed by atoms with Crippen molar-refractivity contribution in [2.75, 3.05) is 13.2 Å². The predicted molar refractivity (Wildman–Crippen MR) is 117 cm³/mol. The molecule has 1 aromatic rings. The lowest BCUT2D eigenvalue weighted by molar-refractivity contribution is -0.124. The normalized spacial score (nSPS) is 17.9. The Kier molecular flexibility index (Phi) is 8.94. The van der Waals surface area contributed by atoms with Gasteiger partial charge in [0.25, 0.3) is 11.8 Å². The van der Waals surface area contributed by atoms with E-state index in [1.54, 1.807) is 0 Å². The molecule has 0 heterocycles. The van der Waals surface area contributed by atoms with Gasteiger partial charge in [0.2, 0.25) is 0 Å². The van der Waals surface area contributed by atoms with Crippen LogP contribution in [-0.4, -0.2) is 37.1 Å². The van der Waals surface area contributed by atoms with Crippen LogP contribution in [0, 0.1) is 0 Å². The number of rotatable bonds is 8. The van der Waals surface area contributed by atoms with Crippen LogP contribution in [-0.2, 0) is 9.59 Å². The van der Waals surface area contributed by atoms with E-state index in [0.717, 1.165) is 51.4 Å². The second kappa shape index (κ2) is 11.7. The first kappa shape index (κ1) is 23.0. The highest BCUT2D eigenvalue weighted by Crippen LogP contribution is 2.35. The fourth-order valence-electron chi connectivity index (χ4n) is 4.05. The second-order valence-corrected chi connectivity index (χ2v) is 8.91. The van der Waals surface area contributed by atoms with Gasteiger partial charge in [-0.3, -0.25) is 9.59 Å². The average Bonchev–Trinajstić information content (AvgIpc) is 2.74. The Labute approximate surface area is 188 Å². The van der Waals surface area contributed by atoms with Crippen molar-refractivity contribution in [3.8, 4) is 11.5 Å². The second-order valence-electron chi connectivity index (χ2n) is 8.10. The van der Waals surface area contributed by atoms with Crippen LogP contribution >= 0.6 is 23.2 Å². The van der Waals surface area contributed by atoms with Gasteiger partial charge in [-0.25, -0.2) is 0 Å². The zero-order chi connectivity index (χ0) is 21.3. The van der Waals surface area contributed by atoms with Gasteiger partial charge in [-0.05, 0) is 31.7 Å². The van der Waals surface area contributed by atoms with E-state index in [1.165, 1.54) is 25.0 Å². The maximum Gasteiger partial charge on any atom is 0.258 e. The Morgan fingerprint density at radius 3 is 1.53 bits per heavy atom. The fraction of sp³-hybridized carbons (Fsp3) is 0.636. The number of nitrogens with one attached hydrogen (secondary N) is 2. The first-order valence-corrected chi connectivity index (χ1v) is 11.6. The summed E-state index contributed by atoms with van der Waals surface area (Å²) in [6, 6.07) is 3.45. The van der Waals surface area contributed by atoms with Gasteiger partial charge in [0.1, 0.15) is 11.5 Å². The quantitative estimate of drug-likeness (QED) is 0.596. The molecule has 2 fully saturated rings. The highest BCUT2D eigenvalue weighted by molar-refractivity contribution is 6.36. The molecule has 6 nitrogen and oxygen atoms in total. The van der Waals surface area contributed by atoms with Crippen LogP contribution in [0.25, 0.3) is 0 Å². The van der Waals surface area contributed by atoms with Crippen molar-refractivity contribution in [3.05, 3.63) is 22.2 Å². The Morgan fingerprint density at radius 1 is 0.733 bits per heavy atom. The first-order valence-electron chi connectivity index (χ1n) is 10.8. The third-order valence-electron chi connectivity index (χ3n) is 5.64. The van der Waals surface area contributed by atoms with Gasteiger partial charge in [-0.1, -0.05) is 61.7 Å². The third kappa shape index (κ3) is 7.24. The highest BCUT2D eigenvalue weighted by Gasteiger charge is 2.18. The van der Waals surface area contributed by atoms with Gasteiger partial charge in [0.05, 0.1) is 10.0 Å². The Balaban J connectivity index is 1.49. The number of carbonyl (C=O) groups excluding carboxylic acids is 2. The van der Waals surface area contributed by atoms with Crippen LogP contribution in [0.3, 0.4) is 0 Å². The number of carbonyl (C=O) groups is 2. The van der Waals surface area contributed by atoms with Gasteiger partial charge in [-0.15, -0.1) is 0 Å². The third-order valence-corrected chi connectivity index (χ3v) is 6.24. The van der Waals surface area contributed by atoms with E-state index in [2.05, 4.69) is 10.6 Å². The molecular formula is C22H30Cl2N2O4. The van der Waals surface area contributed by atoms with E-state index in [-0.39, 0.29) is 47.2 Å². The molecule has 3 rings (SSSR count). The monoisotopic (exact) mass is 456 g/mol. The van der Waals surface area contributed by atoms with Gasteiger partial charge >= 0.3 is 0 Å². The first-order chi connectivity index (χ1) is 14.5. The van der Waals surface area contributed by atoms with Crippen LogP contribution in [0.15, 0.2) is 12.1 Å². The maximum absolute atomic E-state index is 12.2. The van der Waals surface area contributed by atoms with E-state index in [0.29, 0.717) is 11.5 Å². The lowest BCUT2D eigenvalue weighted by atomic mass is 9.95. The van der Waals surface area contributed by atoms with Gasteiger partial charge < -0.3 is 20.1 Å². The molecule has 0 bridgehead atoms. The van der Waals surface area contributed by atoms with Crippen molar-refractivity contribution < 1.29 is 19.1 Å². The number of amides is 2. The Hall–Kier alpha value is -1.66. The molecule has 0 spiro atoms. The van der Waals surface area contributed by atoms with Crippen LogP contribution < -0.4 is 20.1 Å². The summed E-state index contributed by atoms with van der Waals surface area (Å²) in [5.74, 6) is 0.231. The van der Waals surface area contributed by atoms with Gasteiger partial charge in [0.15, 0.2) is 13.2 Å². The van der Waals surface area contributed by atoms with Crippen molar-refractivity contribution in [1.29, 1.82) is 0 Å². The molecule has 2 amide bonds. The van der Waals surface area contributed by atoms with E-state index >= 15 is 0 Å². The summed E-state index contributed by atoms with van der Waals surface area (Å²) in [4.78, 5) is 24.3. The van der Waals surface area contributed by atoms with Crippen molar-refractivity contribution in [1.82, 2.24) is 10.6 Å². The molecule has 0 aliphatic heterocycles. The Bertz CT molecular complexity index is 675. The van der Waals surface area contributed by atoms with Crippen LogP contribution in [0.4, 0.5) is 0 Å². The van der Waals surface area contributed by atoms with Crippen LogP contribution in [0.2, 0.25) is 10.0 Å². The SMILES string of the molecule is O=C(COc1cc(OCC(=O)NC2CCCCC2)c(Cl)cc1Cl)NC1CCCCC1. The molecule has 30 heavy (non-hydrogen) atoms. The van der Waals surface area contributed by atoms with E-state index in [4.69, 9.17) is 32.7 Å². The lowest BCUT2D eigenvalue weighted by Crippen LogP contribution is -2.39. The zero-order valence-corrected chi connectivity index (χ0v) is 18.7. The van der Waals surface area contributed by atoms with Crippen LogP contribution in [0.5, 0.6) is 11.5 Å². The molecule has 0 atom stereocenters. The summed E-state index contributed by atoms with van der Waals surface area (Å²) < 4.78 is 11.2. The van der Waals surface area contributed by atoms with E-state index < -0.39 is 0 Å². The maximum atomic E-state index is 12.2. The van der Waals surface area contributed by atoms with Gasteiger partial charge in [0, 0.05) is 18.2 Å². The van der Waals surface area contributed by atoms with Crippen LogP contribution in [0.1, 0.15) is 64.2 Å². The van der Waals surface area contributed by atoms with Crippen molar-refractivity contribution in [3.63, 3.8) is 0 Å². The summed E-state index contributed by atoms with van der Waals surface area (Å²) in [6.45, 7) is -0.279. The van der Waals surface area contributed by atoms with Crippen molar-refractivity contribution in [2.45, 2.75) is 76.3 Å². The summed E-state index contributed by atoms with van der Waals surface area (Å²) in [5, 5.41) is 6.56. The number of benzene rings is 1. The summed E-state index contributed by atoms with van der Waals surface area (Å²) >= 11 is 12.4. The van der Waals surface area contributed by atoms with E-state index in [1.807, 2.05) is 0 Å². The summed E-state index contributed by atoms with van der Waals surface area (Å²) in [7, 11) is 0. The lowest BCUT2D eigenvalue weighted by Gasteiger charge is -2.23. The summed E-state index contributed by atoms with van der Waals surface area (Å²) in [6.07, 6.45) is 11.1. The molecule has 1 aromatic carbocycles. The molecule has 0 radical (unpaired) electrons. The standard InChI is InChI=1S/C22H30Cl2N2O4/c23-17-11-18(24)20(30-14-22(28)26-16-9-5-2-6-10-16)12-19(17)29-13-21(27)25-15-7-3-1-4-8-15/h11-12,15-16H,1-10,13-14H2,(H,25,27)(H,26,28). The predicted octanol–water partition coefficient (Wildman–Crippen LogP) is 4.65. The van der Waals surface area contributed by atoms with Crippen molar-refractivity contribution in [2.24, 2.45) is 0 Å². The Morgan fingerprint density at radius 2 is 1.13 bits per heavy atom. The minimum atomic E-state index is -0.178. The molecule has 0 saturated heterocycles. The minimum Gasteiger partial charge on any atom is -0.482 e. The average molecular weight is 457 g/mol. The molecule has 166 valence electrons. The topological polar surface area (TPSA) is 76.7 Å². The molecule has 2 aliphatic carbocycles. The smallest absolute Gasteiger partial charge is 0.258 e. The molecule has 2 saturated carbocycles. The number of hydrogen-bond donors (Lipinski definition) is 2. The van der Waals surface area contributed by atoms with Gasteiger partial charge in [-0.2, -0.15) is 0 Å². The number of halogens is 2.